The molecule has 17 heavy (non-hydrogen) atoms. The van der Waals surface area contributed by atoms with Gasteiger partial charge in [-0.1, -0.05) is 6.92 Å². The molecule has 4 nitrogen and oxygen atoms in total. The van der Waals surface area contributed by atoms with E-state index in [1.807, 2.05) is 14.0 Å². The van der Waals surface area contributed by atoms with Crippen molar-refractivity contribution in [2.75, 3.05) is 19.8 Å². The zero-order chi connectivity index (χ0) is 12.9. The first-order valence-electron chi connectivity index (χ1n) is 5.58. The van der Waals surface area contributed by atoms with Crippen LogP contribution in [-0.2, 0) is 9.84 Å². The van der Waals surface area contributed by atoms with Crippen molar-refractivity contribution in [3.8, 4) is 5.75 Å². The second-order valence-electron chi connectivity index (χ2n) is 3.95. The Hall–Kier alpha value is -1.07. The van der Waals surface area contributed by atoms with Crippen molar-refractivity contribution in [2.45, 2.75) is 24.3 Å². The molecule has 1 aromatic rings. The van der Waals surface area contributed by atoms with Gasteiger partial charge in [-0.3, -0.25) is 0 Å². The average Bonchev–Trinajstić information content (AvgIpc) is 2.28. The van der Waals surface area contributed by atoms with Gasteiger partial charge in [-0.05, 0) is 37.7 Å². The van der Waals surface area contributed by atoms with Crippen LogP contribution in [0, 0.1) is 0 Å². The van der Waals surface area contributed by atoms with E-state index in [0.717, 1.165) is 13.0 Å². The molecule has 0 heterocycles. The van der Waals surface area contributed by atoms with Gasteiger partial charge in [-0.2, -0.15) is 0 Å². The quantitative estimate of drug-likeness (QED) is 0.838. The van der Waals surface area contributed by atoms with Crippen LogP contribution in [0.4, 0.5) is 0 Å². The van der Waals surface area contributed by atoms with Gasteiger partial charge in [-0.25, -0.2) is 8.42 Å². The monoisotopic (exact) mass is 257 g/mol. The van der Waals surface area contributed by atoms with Crippen LogP contribution in [0.2, 0.25) is 0 Å². The highest BCUT2D eigenvalue weighted by Gasteiger charge is 2.09. The first-order valence-corrected chi connectivity index (χ1v) is 7.48. The van der Waals surface area contributed by atoms with E-state index in [-0.39, 0.29) is 6.10 Å². The molecule has 0 fully saturated rings. The van der Waals surface area contributed by atoms with E-state index in [1.165, 1.54) is 6.26 Å². The van der Waals surface area contributed by atoms with E-state index in [0.29, 0.717) is 10.6 Å². The fourth-order valence-electron chi connectivity index (χ4n) is 1.45. The highest BCUT2D eigenvalue weighted by molar-refractivity contribution is 7.90. The minimum Gasteiger partial charge on any atom is -0.489 e. The fourth-order valence-corrected chi connectivity index (χ4v) is 2.09. The van der Waals surface area contributed by atoms with Gasteiger partial charge >= 0.3 is 0 Å². The van der Waals surface area contributed by atoms with Crippen LogP contribution < -0.4 is 10.1 Å². The number of nitrogens with one attached hydrogen (secondary N) is 1. The van der Waals surface area contributed by atoms with Crippen LogP contribution in [0.5, 0.6) is 5.75 Å². The lowest BCUT2D eigenvalue weighted by Gasteiger charge is -2.17. The Labute approximate surface area is 103 Å². The molecule has 0 radical (unpaired) electrons. The van der Waals surface area contributed by atoms with Gasteiger partial charge in [-0.15, -0.1) is 0 Å². The minimum absolute atomic E-state index is 0.101. The Balaban J connectivity index is 2.74. The maximum Gasteiger partial charge on any atom is 0.175 e. The lowest BCUT2D eigenvalue weighted by atomic mass is 10.2. The van der Waals surface area contributed by atoms with Crippen LogP contribution in [0.15, 0.2) is 29.2 Å². The van der Waals surface area contributed by atoms with E-state index in [4.69, 9.17) is 4.74 Å². The molecule has 1 rings (SSSR count). The van der Waals surface area contributed by atoms with Crippen molar-refractivity contribution in [1.82, 2.24) is 5.32 Å². The van der Waals surface area contributed by atoms with Crippen molar-refractivity contribution in [1.29, 1.82) is 0 Å². The molecule has 0 aliphatic carbocycles. The Morgan fingerprint density at radius 3 is 2.29 bits per heavy atom. The summed E-state index contributed by atoms with van der Waals surface area (Å²) in [6.07, 6.45) is 2.19. The smallest absolute Gasteiger partial charge is 0.175 e. The molecule has 96 valence electrons. The zero-order valence-electron chi connectivity index (χ0n) is 10.4. The lowest BCUT2D eigenvalue weighted by Crippen LogP contribution is -2.28. The van der Waals surface area contributed by atoms with Crippen molar-refractivity contribution in [3.63, 3.8) is 0 Å². The maximum atomic E-state index is 11.3. The van der Waals surface area contributed by atoms with Crippen LogP contribution in [0.3, 0.4) is 0 Å². The molecule has 5 heteroatoms. The molecule has 1 unspecified atom stereocenters. The second kappa shape index (κ2) is 6.02. The number of benzene rings is 1. The van der Waals surface area contributed by atoms with E-state index in [2.05, 4.69) is 5.32 Å². The standard InChI is InChI=1S/C12H19NO3S/c1-4-10(9-13-2)16-11-5-7-12(8-6-11)17(3,14)15/h5-8,10,13H,4,9H2,1-3H3. The molecule has 0 amide bonds. The molecular formula is C12H19NO3S. The molecule has 0 aromatic heterocycles. The number of rotatable bonds is 6. The summed E-state index contributed by atoms with van der Waals surface area (Å²) in [4.78, 5) is 0.312. The van der Waals surface area contributed by atoms with Gasteiger partial charge < -0.3 is 10.1 Å². The van der Waals surface area contributed by atoms with Crippen molar-refractivity contribution < 1.29 is 13.2 Å². The first-order chi connectivity index (χ1) is 7.97. The summed E-state index contributed by atoms with van der Waals surface area (Å²) >= 11 is 0. The van der Waals surface area contributed by atoms with E-state index >= 15 is 0 Å². The van der Waals surface area contributed by atoms with Gasteiger partial charge in [0.15, 0.2) is 9.84 Å². The van der Waals surface area contributed by atoms with Crippen molar-refractivity contribution in [2.24, 2.45) is 0 Å². The van der Waals surface area contributed by atoms with Crippen LogP contribution in [-0.4, -0.2) is 34.4 Å². The van der Waals surface area contributed by atoms with Gasteiger partial charge in [0, 0.05) is 12.8 Å². The molecule has 0 saturated carbocycles. The number of hydrogen-bond donors (Lipinski definition) is 1. The van der Waals surface area contributed by atoms with Gasteiger partial charge in [0.1, 0.15) is 11.9 Å². The third kappa shape index (κ3) is 4.36. The number of ether oxygens (including phenoxy) is 1. The average molecular weight is 257 g/mol. The maximum absolute atomic E-state index is 11.3. The van der Waals surface area contributed by atoms with Gasteiger partial charge in [0.25, 0.3) is 0 Å². The predicted octanol–water partition coefficient (Wildman–Crippen LogP) is 1.47. The lowest BCUT2D eigenvalue weighted by molar-refractivity contribution is 0.196. The summed E-state index contributed by atoms with van der Waals surface area (Å²) in [5.41, 5.74) is 0. The van der Waals surface area contributed by atoms with Crippen molar-refractivity contribution >= 4 is 9.84 Å². The Morgan fingerprint density at radius 1 is 1.29 bits per heavy atom. The van der Waals surface area contributed by atoms with Crippen LogP contribution in [0.25, 0.3) is 0 Å². The van der Waals surface area contributed by atoms with E-state index in [1.54, 1.807) is 24.3 Å². The molecule has 0 aliphatic heterocycles. The molecule has 0 aliphatic rings. The Bertz CT molecular complexity index is 439. The summed E-state index contributed by atoms with van der Waals surface area (Å²) < 4.78 is 28.3. The summed E-state index contributed by atoms with van der Waals surface area (Å²) in [5, 5.41) is 3.05. The fraction of sp³-hybridized carbons (Fsp3) is 0.500. The summed E-state index contributed by atoms with van der Waals surface area (Å²) in [6.45, 7) is 2.82. The third-order valence-electron chi connectivity index (χ3n) is 2.44. The summed E-state index contributed by atoms with van der Waals surface area (Å²) in [5.74, 6) is 0.694. The van der Waals surface area contributed by atoms with Gasteiger partial charge in [0.2, 0.25) is 0 Å². The highest BCUT2D eigenvalue weighted by atomic mass is 32.2. The first kappa shape index (κ1) is 14.0. The molecule has 1 N–H and O–H groups in total. The molecule has 1 aromatic carbocycles. The summed E-state index contributed by atoms with van der Waals surface area (Å²) in [7, 11) is -1.26. The molecule has 0 saturated heterocycles. The number of sulfone groups is 1. The normalized spacial score (nSPS) is 13.4. The topological polar surface area (TPSA) is 55.4 Å². The second-order valence-corrected chi connectivity index (χ2v) is 5.97. The number of hydrogen-bond acceptors (Lipinski definition) is 4. The highest BCUT2D eigenvalue weighted by Crippen LogP contribution is 2.17. The van der Waals surface area contributed by atoms with Gasteiger partial charge in [0.05, 0.1) is 4.90 Å². The Morgan fingerprint density at radius 2 is 1.88 bits per heavy atom. The number of likely N-dealkylation sites (N-methyl/N-ethyl adjacent to an activating group) is 1. The Kier molecular flexibility index (Phi) is 4.96. The van der Waals surface area contributed by atoms with Crippen LogP contribution >= 0.6 is 0 Å². The molecule has 0 spiro atoms. The molecule has 0 bridgehead atoms. The van der Waals surface area contributed by atoms with Crippen molar-refractivity contribution in [3.05, 3.63) is 24.3 Å². The largest absolute Gasteiger partial charge is 0.489 e. The molecule has 1 atom stereocenters. The molecular weight excluding hydrogens is 238 g/mol. The minimum atomic E-state index is -3.13. The summed E-state index contributed by atoms with van der Waals surface area (Å²) in [6, 6.07) is 6.51. The predicted molar refractivity (Wildman–Crippen MR) is 68.2 cm³/mol. The zero-order valence-corrected chi connectivity index (χ0v) is 11.3. The van der Waals surface area contributed by atoms with E-state index in [9.17, 15) is 8.42 Å². The SMILES string of the molecule is CCC(CNC)Oc1ccc(S(C)(=O)=O)cc1. The third-order valence-corrected chi connectivity index (χ3v) is 3.57. The van der Waals surface area contributed by atoms with Crippen LogP contribution in [0.1, 0.15) is 13.3 Å². The van der Waals surface area contributed by atoms with E-state index < -0.39 is 9.84 Å².